The molecule has 0 aliphatic carbocycles. The topological polar surface area (TPSA) is 77.4 Å². The summed E-state index contributed by atoms with van der Waals surface area (Å²) in [6, 6.07) is 20.5. The summed E-state index contributed by atoms with van der Waals surface area (Å²) in [6.45, 7) is 9.41. The van der Waals surface area contributed by atoms with E-state index in [1.165, 1.54) is 0 Å². The zero-order valence-electron chi connectivity index (χ0n) is 22.1. The zero-order chi connectivity index (χ0) is 26.5. The van der Waals surface area contributed by atoms with Crippen LogP contribution in [-0.4, -0.2) is 56.5 Å². The number of aromatic hydroxyl groups is 1. The summed E-state index contributed by atoms with van der Waals surface area (Å²) in [5.74, 6) is 1.94. The highest BCUT2D eigenvalue weighted by molar-refractivity contribution is 7.97. The van der Waals surface area contributed by atoms with E-state index in [1.54, 1.807) is 0 Å². The van der Waals surface area contributed by atoms with E-state index in [-0.39, 0.29) is 17.5 Å². The lowest BCUT2D eigenvalue weighted by Gasteiger charge is -2.13. The molecule has 0 amide bonds. The Morgan fingerprint density at radius 3 is 1.59 bits per heavy atom. The number of aliphatic hydroxyl groups is 1. The predicted molar refractivity (Wildman–Crippen MR) is 147 cm³/mol. The number of aliphatic hydroxyl groups excluding tert-OH is 1. The third kappa shape index (κ3) is 8.97. The molecule has 1 unspecified atom stereocenters. The summed E-state index contributed by atoms with van der Waals surface area (Å²) >= 11 is 0. The fraction of sp³-hybridized carbons (Fsp3) is 0.400. The van der Waals surface area contributed by atoms with Gasteiger partial charge in [-0.1, -0.05) is 6.92 Å². The van der Waals surface area contributed by atoms with E-state index in [9.17, 15) is 5.11 Å². The average Bonchev–Trinajstić information content (AvgIpc) is 2.91. The van der Waals surface area contributed by atoms with Crippen LogP contribution in [0.25, 0.3) is 0 Å². The SMILES string of the molecule is CCCOCCOc1ccc([S+](c2ccc(OCCOCCCO)cc2)c2cc(C)c(O)c(C)c2)cc1. The van der Waals surface area contributed by atoms with Crippen molar-refractivity contribution in [2.24, 2.45) is 0 Å². The fourth-order valence-electron chi connectivity index (χ4n) is 3.74. The van der Waals surface area contributed by atoms with Crippen molar-refractivity contribution in [3.63, 3.8) is 0 Å². The molecule has 1 atom stereocenters. The minimum absolute atomic E-state index is 0.133. The third-order valence-electron chi connectivity index (χ3n) is 5.61. The molecule has 0 aliphatic rings. The van der Waals surface area contributed by atoms with Crippen molar-refractivity contribution in [1.82, 2.24) is 0 Å². The van der Waals surface area contributed by atoms with E-state index in [1.807, 2.05) is 38.1 Å². The van der Waals surface area contributed by atoms with Crippen LogP contribution in [0.2, 0.25) is 0 Å². The molecule has 0 spiro atoms. The summed E-state index contributed by atoms with van der Waals surface area (Å²) in [4.78, 5) is 3.45. The number of benzene rings is 3. The molecule has 0 radical (unpaired) electrons. The monoisotopic (exact) mass is 527 g/mol. The lowest BCUT2D eigenvalue weighted by atomic mass is 10.1. The number of phenols is 1. The van der Waals surface area contributed by atoms with Crippen LogP contribution in [0.1, 0.15) is 30.9 Å². The van der Waals surface area contributed by atoms with E-state index >= 15 is 0 Å². The largest absolute Gasteiger partial charge is 0.507 e. The minimum Gasteiger partial charge on any atom is -0.507 e. The molecule has 0 fully saturated rings. The van der Waals surface area contributed by atoms with E-state index in [0.717, 1.165) is 50.3 Å². The van der Waals surface area contributed by atoms with E-state index in [2.05, 4.69) is 43.3 Å². The lowest BCUT2D eigenvalue weighted by molar-refractivity contribution is 0.0883. The fourth-order valence-corrected chi connectivity index (χ4v) is 5.96. The van der Waals surface area contributed by atoms with Gasteiger partial charge in [-0.15, -0.1) is 0 Å². The average molecular weight is 528 g/mol. The summed E-state index contributed by atoms with van der Waals surface area (Å²) in [5, 5.41) is 19.2. The van der Waals surface area contributed by atoms with Crippen LogP contribution >= 0.6 is 0 Å². The van der Waals surface area contributed by atoms with E-state index < -0.39 is 0 Å². The van der Waals surface area contributed by atoms with Crippen molar-refractivity contribution in [2.75, 3.05) is 46.2 Å². The maximum atomic E-state index is 10.4. The van der Waals surface area contributed by atoms with E-state index in [4.69, 9.17) is 24.1 Å². The van der Waals surface area contributed by atoms with Gasteiger partial charge in [-0.05, 0) is 86.3 Å². The Balaban J connectivity index is 1.76. The summed E-state index contributed by atoms with van der Waals surface area (Å²) in [6.07, 6.45) is 1.63. The first-order valence-electron chi connectivity index (χ1n) is 12.8. The molecule has 3 aromatic carbocycles. The van der Waals surface area contributed by atoms with Gasteiger partial charge in [0.15, 0.2) is 14.7 Å². The van der Waals surface area contributed by atoms with Gasteiger partial charge in [0.05, 0.1) is 24.1 Å². The van der Waals surface area contributed by atoms with Crippen LogP contribution < -0.4 is 9.47 Å². The van der Waals surface area contributed by atoms with Gasteiger partial charge in [-0.3, -0.25) is 0 Å². The molecule has 3 rings (SSSR count). The van der Waals surface area contributed by atoms with Crippen LogP contribution in [0.15, 0.2) is 75.4 Å². The highest BCUT2D eigenvalue weighted by Gasteiger charge is 2.30. The maximum Gasteiger partial charge on any atom is 0.167 e. The first kappa shape index (κ1) is 28.9. The predicted octanol–water partition coefficient (Wildman–Crippen LogP) is 5.69. The molecule has 0 aliphatic heterocycles. The molecule has 2 N–H and O–H groups in total. The van der Waals surface area contributed by atoms with Gasteiger partial charge in [-0.25, -0.2) is 0 Å². The van der Waals surface area contributed by atoms with Crippen LogP contribution in [0, 0.1) is 13.8 Å². The number of aryl methyl sites for hydroxylation is 2. The van der Waals surface area contributed by atoms with Crippen molar-refractivity contribution < 1.29 is 29.2 Å². The van der Waals surface area contributed by atoms with E-state index in [0.29, 0.717) is 45.2 Å². The maximum absolute atomic E-state index is 10.4. The molecule has 7 heteroatoms. The number of hydrogen-bond acceptors (Lipinski definition) is 6. The Hall–Kier alpha value is -2.71. The van der Waals surface area contributed by atoms with Gasteiger partial charge in [-0.2, -0.15) is 0 Å². The summed E-state index contributed by atoms with van der Waals surface area (Å²) < 4.78 is 22.6. The molecule has 0 heterocycles. The molecular formula is C30H39O6S+. The molecule has 0 bridgehead atoms. The van der Waals surface area contributed by atoms with Crippen molar-refractivity contribution in [2.45, 2.75) is 48.3 Å². The van der Waals surface area contributed by atoms with Gasteiger partial charge in [0.1, 0.15) is 30.5 Å². The van der Waals surface area contributed by atoms with Gasteiger partial charge in [0.2, 0.25) is 0 Å². The number of hydrogen-bond donors (Lipinski definition) is 2. The Labute approximate surface area is 223 Å². The normalized spacial score (nSPS) is 11.9. The van der Waals surface area contributed by atoms with Gasteiger partial charge < -0.3 is 29.2 Å². The standard InChI is InChI=1S/C30H38O6S/c1-4-15-33-17-19-35-25-6-10-27(11-7-25)37(29-21-23(2)30(32)24(3)22-29)28-12-8-26(9-13-28)36-20-18-34-16-5-14-31/h6-13,21-22,31H,4-5,14-20H2,1-3H3/p+1. The molecule has 3 aromatic rings. The Bertz CT molecular complexity index is 1050. The van der Waals surface area contributed by atoms with Crippen LogP contribution in [0.3, 0.4) is 0 Å². The first-order chi connectivity index (χ1) is 18.0. The summed E-state index contributed by atoms with van der Waals surface area (Å²) in [7, 11) is -0.376. The second kappa shape index (κ2) is 15.5. The van der Waals surface area contributed by atoms with Crippen molar-refractivity contribution >= 4 is 10.9 Å². The highest BCUT2D eigenvalue weighted by Crippen LogP contribution is 2.36. The Kier molecular flexibility index (Phi) is 12.1. The smallest absolute Gasteiger partial charge is 0.167 e. The van der Waals surface area contributed by atoms with Crippen molar-refractivity contribution in [1.29, 1.82) is 0 Å². The molecule has 37 heavy (non-hydrogen) atoms. The molecule has 0 saturated heterocycles. The molecule has 0 saturated carbocycles. The van der Waals surface area contributed by atoms with Gasteiger partial charge >= 0.3 is 0 Å². The third-order valence-corrected chi connectivity index (χ3v) is 7.80. The Morgan fingerprint density at radius 2 is 1.14 bits per heavy atom. The quantitative estimate of drug-likeness (QED) is 0.184. The first-order valence-corrected chi connectivity index (χ1v) is 14.0. The van der Waals surface area contributed by atoms with Crippen LogP contribution in [-0.2, 0) is 20.4 Å². The second-order valence-electron chi connectivity index (χ2n) is 8.65. The number of phenolic OH excluding ortho intramolecular Hbond substituents is 1. The minimum atomic E-state index is -0.376. The van der Waals surface area contributed by atoms with Crippen LogP contribution in [0.4, 0.5) is 0 Å². The van der Waals surface area contributed by atoms with Gasteiger partial charge in [0.25, 0.3) is 0 Å². The van der Waals surface area contributed by atoms with Gasteiger partial charge in [0, 0.05) is 32.0 Å². The number of ether oxygens (including phenoxy) is 4. The number of rotatable bonds is 16. The second-order valence-corrected chi connectivity index (χ2v) is 10.7. The Morgan fingerprint density at radius 1 is 0.649 bits per heavy atom. The van der Waals surface area contributed by atoms with Crippen LogP contribution in [0.5, 0.6) is 17.2 Å². The zero-order valence-corrected chi connectivity index (χ0v) is 22.9. The molecule has 6 nitrogen and oxygen atoms in total. The van der Waals surface area contributed by atoms with Crippen molar-refractivity contribution in [3.8, 4) is 17.2 Å². The summed E-state index contributed by atoms with van der Waals surface area (Å²) in [5.41, 5.74) is 1.72. The molecular weight excluding hydrogens is 488 g/mol. The highest BCUT2D eigenvalue weighted by atomic mass is 32.2. The molecule has 0 aromatic heterocycles. The van der Waals surface area contributed by atoms with Crippen molar-refractivity contribution in [3.05, 3.63) is 71.8 Å². The lowest BCUT2D eigenvalue weighted by Crippen LogP contribution is -2.09. The molecule has 200 valence electrons.